The average molecular weight is 206 g/mol. The zero-order valence-electron chi connectivity index (χ0n) is 8.45. The number of rotatable bonds is 3. The number of hydrogen-bond acceptors (Lipinski definition) is 2. The molecule has 0 unspecified atom stereocenters. The van der Waals surface area contributed by atoms with Gasteiger partial charge in [0, 0.05) is 25.0 Å². The van der Waals surface area contributed by atoms with Crippen molar-refractivity contribution in [2.45, 2.75) is 19.3 Å². The van der Waals surface area contributed by atoms with Crippen molar-refractivity contribution in [3.05, 3.63) is 34.2 Å². The molecular weight excluding hydrogens is 192 g/mol. The molecule has 1 amide bonds. The molecule has 0 radical (unpaired) electrons. The van der Waals surface area contributed by atoms with Crippen LogP contribution in [-0.4, -0.2) is 17.4 Å². The van der Waals surface area contributed by atoms with E-state index in [1.807, 2.05) is 0 Å². The van der Waals surface area contributed by atoms with Crippen LogP contribution in [0.1, 0.15) is 29.6 Å². The van der Waals surface area contributed by atoms with E-state index in [9.17, 15) is 9.59 Å². The van der Waals surface area contributed by atoms with Gasteiger partial charge in [-0.15, -0.1) is 0 Å². The quantitative estimate of drug-likeness (QED) is 0.772. The smallest absolute Gasteiger partial charge is 0.256 e. The Labute approximate surface area is 87.7 Å². The Morgan fingerprint density at radius 1 is 1.53 bits per heavy atom. The van der Waals surface area contributed by atoms with Crippen molar-refractivity contribution >= 4 is 5.91 Å². The number of aromatic nitrogens is 1. The molecule has 0 aliphatic heterocycles. The van der Waals surface area contributed by atoms with E-state index >= 15 is 0 Å². The first-order valence-electron chi connectivity index (χ1n) is 5.22. The Hall–Kier alpha value is -1.58. The SMILES string of the molecule is O=C(NCC1CCC1)c1c[nH]ccc1=O. The zero-order valence-corrected chi connectivity index (χ0v) is 8.45. The van der Waals surface area contributed by atoms with Crippen LogP contribution < -0.4 is 10.7 Å². The van der Waals surface area contributed by atoms with Crippen molar-refractivity contribution in [1.29, 1.82) is 0 Å². The summed E-state index contributed by atoms with van der Waals surface area (Å²) in [5.41, 5.74) is -0.0447. The Bertz CT molecular complexity index is 407. The monoisotopic (exact) mass is 206 g/mol. The summed E-state index contributed by atoms with van der Waals surface area (Å²) >= 11 is 0. The second kappa shape index (κ2) is 4.29. The molecule has 15 heavy (non-hydrogen) atoms. The molecule has 1 fully saturated rings. The Morgan fingerprint density at radius 2 is 2.33 bits per heavy atom. The van der Waals surface area contributed by atoms with Gasteiger partial charge in [0.1, 0.15) is 5.56 Å². The standard InChI is InChI=1S/C11H14N2O2/c14-10-4-5-12-7-9(10)11(15)13-6-8-2-1-3-8/h4-5,7-8H,1-3,6H2,(H,12,14)(H,13,15). The Morgan fingerprint density at radius 3 is 2.93 bits per heavy atom. The van der Waals surface area contributed by atoms with Crippen molar-refractivity contribution in [2.24, 2.45) is 5.92 Å². The van der Waals surface area contributed by atoms with Crippen LogP contribution in [0, 0.1) is 5.92 Å². The summed E-state index contributed by atoms with van der Waals surface area (Å²) in [5.74, 6) is 0.334. The van der Waals surface area contributed by atoms with Gasteiger partial charge in [-0.1, -0.05) is 6.42 Å². The lowest BCUT2D eigenvalue weighted by Crippen LogP contribution is -2.34. The van der Waals surface area contributed by atoms with Gasteiger partial charge in [-0.25, -0.2) is 0 Å². The summed E-state index contributed by atoms with van der Waals surface area (Å²) < 4.78 is 0. The molecule has 0 atom stereocenters. The Kier molecular flexibility index (Phi) is 2.85. The molecule has 0 spiro atoms. The molecule has 80 valence electrons. The van der Waals surface area contributed by atoms with E-state index in [0.29, 0.717) is 12.5 Å². The maximum absolute atomic E-state index is 11.6. The van der Waals surface area contributed by atoms with Gasteiger partial charge >= 0.3 is 0 Å². The average Bonchev–Trinajstić information content (AvgIpc) is 2.16. The van der Waals surface area contributed by atoms with Gasteiger partial charge in [0.15, 0.2) is 5.43 Å². The fourth-order valence-corrected chi connectivity index (χ4v) is 1.62. The van der Waals surface area contributed by atoms with E-state index in [4.69, 9.17) is 0 Å². The van der Waals surface area contributed by atoms with Crippen molar-refractivity contribution in [1.82, 2.24) is 10.3 Å². The predicted octanol–water partition coefficient (Wildman–Crippen LogP) is 0.905. The minimum atomic E-state index is -0.274. The molecule has 1 aliphatic rings. The summed E-state index contributed by atoms with van der Waals surface area (Å²) in [5, 5.41) is 2.78. The van der Waals surface area contributed by atoms with Gasteiger partial charge in [-0.3, -0.25) is 9.59 Å². The minimum absolute atomic E-state index is 0.192. The first-order valence-corrected chi connectivity index (χ1v) is 5.22. The topological polar surface area (TPSA) is 62.0 Å². The Balaban J connectivity index is 1.95. The number of H-pyrrole nitrogens is 1. The lowest BCUT2D eigenvalue weighted by atomic mass is 9.85. The second-order valence-corrected chi connectivity index (χ2v) is 3.93. The van der Waals surface area contributed by atoms with E-state index in [0.717, 1.165) is 0 Å². The summed E-state index contributed by atoms with van der Waals surface area (Å²) in [7, 11) is 0. The van der Waals surface area contributed by atoms with Gasteiger partial charge in [0.05, 0.1) is 0 Å². The maximum Gasteiger partial charge on any atom is 0.256 e. The molecule has 1 aromatic heterocycles. The van der Waals surface area contributed by atoms with Gasteiger partial charge in [-0.05, 0) is 18.8 Å². The summed E-state index contributed by atoms with van der Waals surface area (Å²) in [6.45, 7) is 0.688. The normalized spacial score (nSPS) is 15.7. The predicted molar refractivity (Wildman–Crippen MR) is 56.7 cm³/mol. The molecule has 0 saturated heterocycles. The largest absolute Gasteiger partial charge is 0.367 e. The van der Waals surface area contributed by atoms with E-state index in [2.05, 4.69) is 10.3 Å². The van der Waals surface area contributed by atoms with Crippen LogP contribution in [0.3, 0.4) is 0 Å². The number of hydrogen-bond donors (Lipinski definition) is 2. The molecule has 1 aliphatic carbocycles. The third-order valence-electron chi connectivity index (χ3n) is 2.84. The van der Waals surface area contributed by atoms with E-state index < -0.39 is 0 Å². The first-order chi connectivity index (χ1) is 7.27. The highest BCUT2D eigenvalue weighted by atomic mass is 16.2. The highest BCUT2D eigenvalue weighted by molar-refractivity contribution is 5.93. The van der Waals surface area contributed by atoms with Crippen molar-refractivity contribution in [3.8, 4) is 0 Å². The number of carbonyl (C=O) groups is 1. The van der Waals surface area contributed by atoms with E-state index in [1.54, 1.807) is 0 Å². The highest BCUT2D eigenvalue weighted by Crippen LogP contribution is 2.25. The molecule has 0 aromatic carbocycles. The molecule has 4 heteroatoms. The van der Waals surface area contributed by atoms with Crippen molar-refractivity contribution < 1.29 is 4.79 Å². The van der Waals surface area contributed by atoms with E-state index in [1.165, 1.54) is 37.7 Å². The van der Waals surface area contributed by atoms with Crippen molar-refractivity contribution in [3.63, 3.8) is 0 Å². The van der Waals surface area contributed by atoms with Gasteiger partial charge in [0.2, 0.25) is 0 Å². The number of amides is 1. The van der Waals surface area contributed by atoms with Crippen LogP contribution in [0.25, 0.3) is 0 Å². The summed E-state index contributed by atoms with van der Waals surface area (Å²) in [4.78, 5) is 25.6. The number of aromatic amines is 1. The fraction of sp³-hybridized carbons (Fsp3) is 0.455. The van der Waals surface area contributed by atoms with Gasteiger partial charge in [0.25, 0.3) is 5.91 Å². The molecular formula is C11H14N2O2. The summed E-state index contributed by atoms with van der Waals surface area (Å²) in [6, 6.07) is 1.36. The lowest BCUT2D eigenvalue weighted by molar-refractivity contribution is 0.0937. The third kappa shape index (κ3) is 2.26. The number of pyridine rings is 1. The molecule has 1 heterocycles. The van der Waals surface area contributed by atoms with Crippen LogP contribution in [0.4, 0.5) is 0 Å². The summed E-state index contributed by atoms with van der Waals surface area (Å²) in [6.07, 6.45) is 6.59. The van der Waals surface area contributed by atoms with Crippen LogP contribution in [-0.2, 0) is 0 Å². The highest BCUT2D eigenvalue weighted by Gasteiger charge is 2.18. The van der Waals surface area contributed by atoms with Gasteiger partial charge in [-0.2, -0.15) is 0 Å². The number of carbonyl (C=O) groups excluding carboxylic acids is 1. The van der Waals surface area contributed by atoms with Crippen LogP contribution in [0.2, 0.25) is 0 Å². The fourth-order valence-electron chi connectivity index (χ4n) is 1.62. The lowest BCUT2D eigenvalue weighted by Gasteiger charge is -2.25. The zero-order chi connectivity index (χ0) is 10.7. The third-order valence-corrected chi connectivity index (χ3v) is 2.84. The first kappa shape index (κ1) is 9.96. The van der Waals surface area contributed by atoms with Gasteiger partial charge < -0.3 is 10.3 Å². The molecule has 4 nitrogen and oxygen atoms in total. The van der Waals surface area contributed by atoms with E-state index in [-0.39, 0.29) is 16.9 Å². The molecule has 0 bridgehead atoms. The van der Waals surface area contributed by atoms with Crippen LogP contribution in [0.5, 0.6) is 0 Å². The molecule has 1 aromatic rings. The molecule has 2 N–H and O–H groups in total. The second-order valence-electron chi connectivity index (χ2n) is 3.93. The number of nitrogens with one attached hydrogen (secondary N) is 2. The minimum Gasteiger partial charge on any atom is -0.367 e. The van der Waals surface area contributed by atoms with Crippen LogP contribution >= 0.6 is 0 Å². The van der Waals surface area contributed by atoms with Crippen LogP contribution in [0.15, 0.2) is 23.3 Å². The molecule has 1 saturated carbocycles. The van der Waals surface area contributed by atoms with Crippen molar-refractivity contribution in [2.75, 3.05) is 6.54 Å². The molecule has 2 rings (SSSR count). The maximum atomic E-state index is 11.6.